The molecule has 2 aliphatic heterocycles. The highest BCUT2D eigenvalue weighted by Crippen LogP contribution is 2.20. The Balaban J connectivity index is 1.27. The number of carbonyl (C=O) groups excluding carboxylic acids is 1. The Hall–Kier alpha value is -2.51. The van der Waals surface area contributed by atoms with Crippen molar-refractivity contribution in [3.63, 3.8) is 0 Å². The molecule has 178 valence electrons. The maximum Gasteiger partial charge on any atom is 0.256 e. The van der Waals surface area contributed by atoms with Gasteiger partial charge in [-0.05, 0) is 89.0 Å². The molecule has 4 rings (SSSR count). The summed E-state index contributed by atoms with van der Waals surface area (Å²) in [5, 5.41) is 3.39. The number of aromatic nitrogens is 2. The first kappa shape index (κ1) is 23.6. The molecular formula is C26H37N5O2. The molecule has 2 saturated heterocycles. The first-order valence-electron chi connectivity index (χ1n) is 12.5. The van der Waals surface area contributed by atoms with E-state index in [1.807, 2.05) is 36.2 Å². The van der Waals surface area contributed by atoms with Gasteiger partial charge in [0, 0.05) is 37.6 Å². The number of rotatable bonds is 8. The lowest BCUT2D eigenvalue weighted by Crippen LogP contribution is -2.37. The molecule has 0 saturated carbocycles. The highest BCUT2D eigenvalue weighted by molar-refractivity contribution is 5.93. The van der Waals surface area contributed by atoms with Gasteiger partial charge in [0.25, 0.3) is 5.91 Å². The monoisotopic (exact) mass is 451 g/mol. The Morgan fingerprint density at radius 1 is 1.06 bits per heavy atom. The average molecular weight is 452 g/mol. The number of ether oxygens (including phenoxy) is 1. The van der Waals surface area contributed by atoms with Crippen LogP contribution in [0.2, 0.25) is 0 Å². The smallest absolute Gasteiger partial charge is 0.256 e. The lowest BCUT2D eigenvalue weighted by atomic mass is 10.1. The molecule has 2 fully saturated rings. The van der Waals surface area contributed by atoms with Crippen molar-refractivity contribution in [2.45, 2.75) is 51.0 Å². The van der Waals surface area contributed by atoms with Gasteiger partial charge in [-0.15, -0.1) is 0 Å². The van der Waals surface area contributed by atoms with Crippen molar-refractivity contribution in [3.8, 4) is 17.1 Å². The van der Waals surface area contributed by atoms with E-state index in [0.29, 0.717) is 11.4 Å². The van der Waals surface area contributed by atoms with E-state index in [1.165, 1.54) is 32.4 Å². The SMILES string of the molecule is CN(C(=O)c1cnc(-c2ccc(OCCCN3CCCCC3)cc2)nc1)C1CCCNCC1. The minimum absolute atomic E-state index is 0.0123. The van der Waals surface area contributed by atoms with Gasteiger partial charge in [-0.3, -0.25) is 4.79 Å². The van der Waals surface area contributed by atoms with Crippen LogP contribution in [0, 0.1) is 0 Å². The Labute approximate surface area is 197 Å². The predicted octanol–water partition coefficient (Wildman–Crippen LogP) is 3.61. The number of hydrogen-bond donors (Lipinski definition) is 1. The molecule has 1 amide bonds. The first-order chi connectivity index (χ1) is 16.2. The fraction of sp³-hybridized carbons (Fsp3) is 0.577. The van der Waals surface area contributed by atoms with Crippen LogP contribution in [0.1, 0.15) is 55.3 Å². The summed E-state index contributed by atoms with van der Waals surface area (Å²) in [6.07, 6.45) is 11.5. The number of carbonyl (C=O) groups is 1. The molecule has 1 aromatic heterocycles. The maximum atomic E-state index is 12.9. The zero-order valence-electron chi connectivity index (χ0n) is 19.8. The highest BCUT2D eigenvalue weighted by Gasteiger charge is 2.22. The van der Waals surface area contributed by atoms with Gasteiger partial charge in [-0.25, -0.2) is 9.97 Å². The van der Waals surface area contributed by atoms with Crippen molar-refractivity contribution in [3.05, 3.63) is 42.2 Å². The minimum Gasteiger partial charge on any atom is -0.494 e. The van der Waals surface area contributed by atoms with Crippen molar-refractivity contribution in [2.75, 3.05) is 46.4 Å². The van der Waals surface area contributed by atoms with Crippen molar-refractivity contribution >= 4 is 5.91 Å². The van der Waals surface area contributed by atoms with Crippen LogP contribution in [0.5, 0.6) is 5.75 Å². The van der Waals surface area contributed by atoms with Crippen LogP contribution in [-0.2, 0) is 0 Å². The van der Waals surface area contributed by atoms with Crippen molar-refractivity contribution in [2.24, 2.45) is 0 Å². The molecular weight excluding hydrogens is 414 g/mol. The number of nitrogens with one attached hydrogen (secondary N) is 1. The second kappa shape index (κ2) is 12.1. The molecule has 1 atom stereocenters. The second-order valence-corrected chi connectivity index (χ2v) is 9.17. The molecule has 0 bridgehead atoms. The lowest BCUT2D eigenvalue weighted by molar-refractivity contribution is 0.0719. The molecule has 33 heavy (non-hydrogen) atoms. The largest absolute Gasteiger partial charge is 0.494 e. The third-order valence-electron chi connectivity index (χ3n) is 6.76. The molecule has 2 aliphatic rings. The Bertz CT molecular complexity index is 857. The van der Waals surface area contributed by atoms with Gasteiger partial charge in [0.05, 0.1) is 12.2 Å². The van der Waals surface area contributed by atoms with E-state index >= 15 is 0 Å². The highest BCUT2D eigenvalue weighted by atomic mass is 16.5. The maximum absolute atomic E-state index is 12.9. The van der Waals surface area contributed by atoms with Gasteiger partial charge in [0.1, 0.15) is 5.75 Å². The fourth-order valence-electron chi connectivity index (χ4n) is 4.71. The summed E-state index contributed by atoms with van der Waals surface area (Å²) in [6, 6.07) is 8.14. The van der Waals surface area contributed by atoms with Gasteiger partial charge in [0.15, 0.2) is 5.82 Å². The van der Waals surface area contributed by atoms with E-state index in [-0.39, 0.29) is 11.9 Å². The molecule has 0 spiro atoms. The molecule has 2 aromatic rings. The van der Waals surface area contributed by atoms with Crippen LogP contribution in [0.3, 0.4) is 0 Å². The number of benzene rings is 1. The van der Waals surface area contributed by atoms with Gasteiger partial charge < -0.3 is 19.9 Å². The number of nitrogens with zero attached hydrogens (tertiary/aromatic N) is 4. The first-order valence-corrected chi connectivity index (χ1v) is 12.5. The van der Waals surface area contributed by atoms with Gasteiger partial charge in [-0.1, -0.05) is 6.42 Å². The zero-order chi connectivity index (χ0) is 22.9. The van der Waals surface area contributed by atoms with Gasteiger partial charge in [0.2, 0.25) is 0 Å². The van der Waals surface area contributed by atoms with Gasteiger partial charge in [-0.2, -0.15) is 0 Å². The molecule has 7 heteroatoms. The third kappa shape index (κ3) is 6.74. The quantitative estimate of drug-likeness (QED) is 0.619. The Morgan fingerprint density at radius 2 is 1.82 bits per heavy atom. The molecule has 1 aromatic carbocycles. The lowest BCUT2D eigenvalue weighted by Gasteiger charge is -2.26. The molecule has 0 radical (unpaired) electrons. The molecule has 7 nitrogen and oxygen atoms in total. The summed E-state index contributed by atoms with van der Waals surface area (Å²) in [5.41, 5.74) is 1.45. The van der Waals surface area contributed by atoms with Crippen LogP contribution in [-0.4, -0.2) is 78.1 Å². The summed E-state index contributed by atoms with van der Waals surface area (Å²) < 4.78 is 5.91. The van der Waals surface area contributed by atoms with Crippen LogP contribution < -0.4 is 10.1 Å². The summed E-state index contributed by atoms with van der Waals surface area (Å²) >= 11 is 0. The Kier molecular flexibility index (Phi) is 8.66. The third-order valence-corrected chi connectivity index (χ3v) is 6.76. The van der Waals surface area contributed by atoms with Crippen molar-refractivity contribution in [1.29, 1.82) is 0 Å². The van der Waals surface area contributed by atoms with Crippen LogP contribution >= 0.6 is 0 Å². The van der Waals surface area contributed by atoms with E-state index in [1.54, 1.807) is 12.4 Å². The average Bonchev–Trinajstić information content (AvgIpc) is 3.17. The zero-order valence-corrected chi connectivity index (χ0v) is 19.8. The molecule has 3 heterocycles. The van der Waals surface area contributed by atoms with E-state index < -0.39 is 0 Å². The summed E-state index contributed by atoms with van der Waals surface area (Å²) in [6.45, 7) is 6.28. The summed E-state index contributed by atoms with van der Waals surface area (Å²) in [7, 11) is 1.89. The fourth-order valence-corrected chi connectivity index (χ4v) is 4.71. The minimum atomic E-state index is -0.0123. The van der Waals surface area contributed by atoms with E-state index in [4.69, 9.17) is 4.74 Å². The van der Waals surface area contributed by atoms with E-state index in [0.717, 1.165) is 63.2 Å². The second-order valence-electron chi connectivity index (χ2n) is 9.17. The molecule has 1 unspecified atom stereocenters. The van der Waals surface area contributed by atoms with Crippen molar-refractivity contribution < 1.29 is 9.53 Å². The summed E-state index contributed by atoms with van der Waals surface area (Å²) in [4.78, 5) is 26.2. The summed E-state index contributed by atoms with van der Waals surface area (Å²) in [5.74, 6) is 1.47. The number of hydrogen-bond acceptors (Lipinski definition) is 6. The normalized spacial score (nSPS) is 19.6. The molecule has 0 aliphatic carbocycles. The standard InChI is InChI=1S/C26H37N5O2/c1-30(23-7-5-13-27-14-12-23)26(32)22-19-28-25(29-20-22)21-8-10-24(11-9-21)33-18-6-17-31-15-3-2-4-16-31/h8-11,19-20,23,27H,2-7,12-18H2,1H3. The predicted molar refractivity (Wildman–Crippen MR) is 130 cm³/mol. The Morgan fingerprint density at radius 3 is 2.58 bits per heavy atom. The van der Waals surface area contributed by atoms with E-state index in [9.17, 15) is 4.79 Å². The topological polar surface area (TPSA) is 70.6 Å². The van der Waals surface area contributed by atoms with Crippen LogP contribution in [0.4, 0.5) is 0 Å². The number of likely N-dealkylation sites (tertiary alicyclic amines) is 1. The van der Waals surface area contributed by atoms with Crippen LogP contribution in [0.15, 0.2) is 36.7 Å². The number of piperidine rings is 1. The van der Waals surface area contributed by atoms with Crippen LogP contribution in [0.25, 0.3) is 11.4 Å². The number of amides is 1. The van der Waals surface area contributed by atoms with E-state index in [2.05, 4.69) is 20.2 Å². The molecule has 1 N–H and O–H groups in total. The van der Waals surface area contributed by atoms with Gasteiger partial charge >= 0.3 is 0 Å². The van der Waals surface area contributed by atoms with Crippen molar-refractivity contribution in [1.82, 2.24) is 25.1 Å².